The van der Waals surface area contributed by atoms with Crippen LogP contribution in [0, 0.1) is 0 Å². The number of imidazole rings is 1. The highest BCUT2D eigenvalue weighted by molar-refractivity contribution is 5.74. The van der Waals surface area contributed by atoms with E-state index in [1.54, 1.807) is 11.6 Å². The van der Waals surface area contributed by atoms with E-state index >= 15 is 0 Å². The van der Waals surface area contributed by atoms with Crippen molar-refractivity contribution in [3.63, 3.8) is 0 Å². The van der Waals surface area contributed by atoms with Gasteiger partial charge in [-0.2, -0.15) is 18.2 Å². The maximum atomic E-state index is 12.9. The fourth-order valence-corrected chi connectivity index (χ4v) is 3.90. The summed E-state index contributed by atoms with van der Waals surface area (Å²) < 4.78 is 42.7. The molecule has 0 amide bonds. The molecule has 1 saturated heterocycles. The molecule has 0 N–H and O–H groups in total. The number of aryl methyl sites for hydroxylation is 1. The molecule has 3 heterocycles. The molecule has 0 aliphatic carbocycles. The van der Waals surface area contributed by atoms with Gasteiger partial charge in [0.05, 0.1) is 12.1 Å². The Bertz CT molecular complexity index is 1200. The van der Waals surface area contributed by atoms with Gasteiger partial charge in [0.15, 0.2) is 11.2 Å². The predicted molar refractivity (Wildman–Crippen MR) is 107 cm³/mol. The van der Waals surface area contributed by atoms with Crippen LogP contribution in [0.15, 0.2) is 33.9 Å². The molecule has 0 atom stereocenters. The minimum atomic E-state index is -4.41. The van der Waals surface area contributed by atoms with E-state index in [4.69, 9.17) is 0 Å². The van der Waals surface area contributed by atoms with Crippen LogP contribution in [0.3, 0.4) is 0 Å². The second kappa shape index (κ2) is 7.33. The average Bonchev–Trinajstić information content (AvgIpc) is 3.10. The Hall–Kier alpha value is -3.04. The zero-order chi connectivity index (χ0) is 21.6. The van der Waals surface area contributed by atoms with Crippen LogP contribution in [0.1, 0.15) is 30.4 Å². The summed E-state index contributed by atoms with van der Waals surface area (Å²) in [5.74, 6) is 0.558. The van der Waals surface area contributed by atoms with E-state index in [2.05, 4.69) is 9.88 Å². The van der Waals surface area contributed by atoms with Gasteiger partial charge in [-0.25, -0.2) is 4.79 Å². The van der Waals surface area contributed by atoms with Crippen LogP contribution in [0.2, 0.25) is 0 Å². The van der Waals surface area contributed by atoms with Crippen LogP contribution in [-0.2, 0) is 26.8 Å². The average molecular weight is 421 g/mol. The van der Waals surface area contributed by atoms with Crippen molar-refractivity contribution in [3.8, 4) is 0 Å². The first-order valence-corrected chi connectivity index (χ1v) is 9.76. The Morgan fingerprint density at radius 2 is 1.60 bits per heavy atom. The summed E-state index contributed by atoms with van der Waals surface area (Å²) in [5, 5.41) is 0. The number of hydrogen-bond donors (Lipinski definition) is 0. The van der Waals surface area contributed by atoms with Crippen LogP contribution in [-0.4, -0.2) is 31.8 Å². The van der Waals surface area contributed by atoms with Gasteiger partial charge in [0, 0.05) is 27.2 Å². The molecule has 1 aromatic carbocycles. The number of anilines is 1. The summed E-state index contributed by atoms with van der Waals surface area (Å²) in [7, 11) is 2.96. The standard InChI is InChI=1S/C20H22F3N5O2/c1-25-16-15(17(29)26(2)19(25)30)28(18(24-16)27-10-4-3-5-11-27)12-13-6-8-14(9-7-13)20(21,22)23/h6-9H,3-5,10-12H2,1-2H3. The quantitative estimate of drug-likeness (QED) is 0.652. The van der Waals surface area contributed by atoms with Crippen LogP contribution in [0.4, 0.5) is 19.1 Å². The van der Waals surface area contributed by atoms with Crippen molar-refractivity contribution in [2.45, 2.75) is 32.0 Å². The number of piperidine rings is 1. The molecule has 4 rings (SSSR count). The van der Waals surface area contributed by atoms with Gasteiger partial charge >= 0.3 is 11.9 Å². The molecule has 7 nitrogen and oxygen atoms in total. The molecule has 10 heteroatoms. The van der Waals surface area contributed by atoms with E-state index in [-0.39, 0.29) is 17.7 Å². The van der Waals surface area contributed by atoms with Crippen molar-refractivity contribution >= 4 is 17.1 Å². The number of alkyl halides is 3. The lowest BCUT2D eigenvalue weighted by Gasteiger charge is -2.28. The first-order valence-electron chi connectivity index (χ1n) is 9.76. The highest BCUT2D eigenvalue weighted by atomic mass is 19.4. The molecule has 30 heavy (non-hydrogen) atoms. The number of rotatable bonds is 3. The molecular weight excluding hydrogens is 399 g/mol. The van der Waals surface area contributed by atoms with Crippen LogP contribution < -0.4 is 16.1 Å². The molecule has 3 aromatic rings. The predicted octanol–water partition coefficient (Wildman–Crippen LogP) is 2.49. The molecule has 160 valence electrons. The summed E-state index contributed by atoms with van der Waals surface area (Å²) in [6.45, 7) is 1.71. The lowest BCUT2D eigenvalue weighted by Crippen LogP contribution is -2.37. The smallest absolute Gasteiger partial charge is 0.342 e. The minimum Gasteiger partial charge on any atom is -0.342 e. The molecule has 0 unspecified atom stereocenters. The minimum absolute atomic E-state index is 0.175. The lowest BCUT2D eigenvalue weighted by molar-refractivity contribution is -0.137. The van der Waals surface area contributed by atoms with Gasteiger partial charge < -0.3 is 4.90 Å². The fraction of sp³-hybridized carbons (Fsp3) is 0.450. The van der Waals surface area contributed by atoms with E-state index in [0.717, 1.165) is 49.1 Å². The van der Waals surface area contributed by atoms with Crippen LogP contribution in [0.5, 0.6) is 0 Å². The Labute approximate surface area is 170 Å². The number of aromatic nitrogens is 4. The number of benzene rings is 1. The van der Waals surface area contributed by atoms with Crippen LogP contribution >= 0.6 is 0 Å². The van der Waals surface area contributed by atoms with Gasteiger partial charge in [0.25, 0.3) is 5.56 Å². The van der Waals surface area contributed by atoms with Crippen molar-refractivity contribution in [1.29, 1.82) is 0 Å². The largest absolute Gasteiger partial charge is 0.416 e. The molecule has 0 radical (unpaired) electrons. The lowest BCUT2D eigenvalue weighted by atomic mass is 10.1. The Balaban J connectivity index is 1.88. The first-order chi connectivity index (χ1) is 14.2. The van der Waals surface area contributed by atoms with E-state index in [1.165, 1.54) is 23.7 Å². The highest BCUT2D eigenvalue weighted by Crippen LogP contribution is 2.30. The van der Waals surface area contributed by atoms with Crippen molar-refractivity contribution < 1.29 is 13.2 Å². The molecule has 0 bridgehead atoms. The zero-order valence-electron chi connectivity index (χ0n) is 16.7. The van der Waals surface area contributed by atoms with E-state index in [1.807, 2.05) is 0 Å². The number of hydrogen-bond acceptors (Lipinski definition) is 4. The summed E-state index contributed by atoms with van der Waals surface area (Å²) in [4.78, 5) is 31.9. The van der Waals surface area contributed by atoms with Crippen molar-refractivity contribution in [2.24, 2.45) is 14.1 Å². The molecule has 1 aliphatic heterocycles. The van der Waals surface area contributed by atoms with Gasteiger partial charge in [-0.3, -0.25) is 18.5 Å². The third-order valence-corrected chi connectivity index (χ3v) is 5.59. The van der Waals surface area contributed by atoms with Crippen molar-refractivity contribution in [3.05, 3.63) is 56.2 Å². The molecule has 1 aliphatic rings. The molecular formula is C20H22F3N5O2. The zero-order valence-corrected chi connectivity index (χ0v) is 16.7. The Morgan fingerprint density at radius 1 is 0.967 bits per heavy atom. The molecule has 1 fully saturated rings. The first kappa shape index (κ1) is 20.2. The normalized spacial score (nSPS) is 15.2. The topological polar surface area (TPSA) is 65.1 Å². The monoisotopic (exact) mass is 421 g/mol. The summed E-state index contributed by atoms with van der Waals surface area (Å²) >= 11 is 0. The third-order valence-electron chi connectivity index (χ3n) is 5.59. The van der Waals surface area contributed by atoms with Crippen molar-refractivity contribution in [1.82, 2.24) is 18.7 Å². The maximum Gasteiger partial charge on any atom is 0.416 e. The van der Waals surface area contributed by atoms with Gasteiger partial charge in [-0.15, -0.1) is 0 Å². The Kier molecular flexibility index (Phi) is 4.95. The van der Waals surface area contributed by atoms with E-state index in [0.29, 0.717) is 11.5 Å². The second-order valence-corrected chi connectivity index (χ2v) is 7.62. The summed E-state index contributed by atoms with van der Waals surface area (Å²) in [6.07, 6.45) is -1.33. The number of nitrogens with zero attached hydrogens (tertiary/aromatic N) is 5. The van der Waals surface area contributed by atoms with E-state index in [9.17, 15) is 22.8 Å². The Morgan fingerprint density at radius 3 is 2.20 bits per heavy atom. The summed E-state index contributed by atoms with van der Waals surface area (Å²) in [5.41, 5.74) is -0.531. The molecule has 0 spiro atoms. The van der Waals surface area contributed by atoms with Gasteiger partial charge in [0.1, 0.15) is 0 Å². The highest BCUT2D eigenvalue weighted by Gasteiger charge is 2.30. The summed E-state index contributed by atoms with van der Waals surface area (Å²) in [6, 6.07) is 4.87. The van der Waals surface area contributed by atoms with Gasteiger partial charge in [-0.1, -0.05) is 12.1 Å². The molecule has 2 aromatic heterocycles. The third kappa shape index (κ3) is 3.40. The number of fused-ring (bicyclic) bond motifs is 1. The maximum absolute atomic E-state index is 12.9. The van der Waals surface area contributed by atoms with Crippen LogP contribution in [0.25, 0.3) is 11.2 Å². The van der Waals surface area contributed by atoms with Gasteiger partial charge in [-0.05, 0) is 37.0 Å². The SMILES string of the molecule is Cn1c(=O)c2c(nc(N3CCCCC3)n2Cc2ccc(C(F)(F)F)cc2)n(C)c1=O. The number of halogens is 3. The fourth-order valence-electron chi connectivity index (χ4n) is 3.90. The second-order valence-electron chi connectivity index (χ2n) is 7.62. The van der Waals surface area contributed by atoms with Gasteiger partial charge in [0.2, 0.25) is 5.95 Å². The van der Waals surface area contributed by atoms with E-state index < -0.39 is 23.0 Å². The molecule has 0 saturated carbocycles. The van der Waals surface area contributed by atoms with Crippen molar-refractivity contribution in [2.75, 3.05) is 18.0 Å².